The molecule has 0 bridgehead atoms. The summed E-state index contributed by atoms with van der Waals surface area (Å²) in [6, 6.07) is 13.1. The highest BCUT2D eigenvalue weighted by Gasteiger charge is 2.29. The van der Waals surface area contributed by atoms with Crippen LogP contribution in [0.2, 0.25) is 0 Å². The van der Waals surface area contributed by atoms with Gasteiger partial charge in [-0.2, -0.15) is 0 Å². The first kappa shape index (κ1) is 23.7. The van der Waals surface area contributed by atoms with Crippen molar-refractivity contribution in [1.29, 1.82) is 0 Å². The van der Waals surface area contributed by atoms with Gasteiger partial charge < -0.3 is 20.1 Å². The Labute approximate surface area is 191 Å². The minimum atomic E-state index is -0.124. The zero-order chi connectivity index (χ0) is 23.4. The Morgan fingerprint density at radius 3 is 2.12 bits per heavy atom. The van der Waals surface area contributed by atoms with Crippen LogP contribution in [0.15, 0.2) is 42.1 Å². The molecule has 0 fully saturated rings. The van der Waals surface area contributed by atoms with Gasteiger partial charge in [-0.15, -0.1) is 0 Å². The molecule has 1 aliphatic heterocycles. The van der Waals surface area contributed by atoms with Crippen molar-refractivity contribution in [3.8, 4) is 11.5 Å². The summed E-state index contributed by atoms with van der Waals surface area (Å²) in [6.07, 6.45) is 0.687. The van der Waals surface area contributed by atoms with Crippen molar-refractivity contribution in [3.05, 3.63) is 53.2 Å². The Morgan fingerprint density at radius 2 is 1.59 bits per heavy atom. The zero-order valence-corrected chi connectivity index (χ0v) is 20.2. The number of nitrogens with zero attached hydrogens (tertiary/aromatic N) is 1. The van der Waals surface area contributed by atoms with Gasteiger partial charge in [0.25, 0.3) is 5.91 Å². The highest BCUT2D eigenvalue weighted by atomic mass is 16.5. The maximum absolute atomic E-state index is 12.8. The van der Waals surface area contributed by atoms with Gasteiger partial charge in [-0.1, -0.05) is 19.1 Å². The maximum Gasteiger partial charge on any atom is 0.258 e. The first-order chi connectivity index (χ1) is 15.3. The first-order valence-electron chi connectivity index (χ1n) is 11.2. The van der Waals surface area contributed by atoms with E-state index in [0.29, 0.717) is 35.6 Å². The van der Waals surface area contributed by atoms with Crippen molar-refractivity contribution >= 4 is 22.9 Å². The van der Waals surface area contributed by atoms with E-state index < -0.39 is 0 Å². The number of ether oxygens (including phenoxy) is 2. The smallest absolute Gasteiger partial charge is 0.258 e. The summed E-state index contributed by atoms with van der Waals surface area (Å²) in [6.45, 7) is 11.9. The van der Waals surface area contributed by atoms with Gasteiger partial charge in [0.15, 0.2) is 11.5 Å². The second-order valence-corrected chi connectivity index (χ2v) is 8.60. The van der Waals surface area contributed by atoms with Crippen LogP contribution in [-0.2, 0) is 11.3 Å². The van der Waals surface area contributed by atoms with Gasteiger partial charge in [0, 0.05) is 41.6 Å². The lowest BCUT2D eigenvalue weighted by atomic mass is 10.0. The Balaban J connectivity index is 1.88. The van der Waals surface area contributed by atoms with Gasteiger partial charge in [-0.05, 0) is 57.9 Å². The molecule has 1 aliphatic rings. The minimum Gasteiger partial charge on any atom is -0.493 e. The lowest BCUT2D eigenvalue weighted by Gasteiger charge is -2.30. The summed E-state index contributed by atoms with van der Waals surface area (Å²) in [7, 11) is 3.18. The Morgan fingerprint density at radius 1 is 1.00 bits per heavy atom. The van der Waals surface area contributed by atoms with Crippen molar-refractivity contribution < 1.29 is 14.3 Å². The number of allylic oxidation sites excluding steroid dienone is 1. The maximum atomic E-state index is 12.8. The molecule has 0 saturated heterocycles. The summed E-state index contributed by atoms with van der Waals surface area (Å²) in [5.41, 5.74) is 5.28. The van der Waals surface area contributed by atoms with E-state index in [-0.39, 0.29) is 5.91 Å². The monoisotopic (exact) mass is 437 g/mol. The molecule has 2 N–H and O–H groups in total. The third-order valence-corrected chi connectivity index (χ3v) is 5.86. The number of hydrogen-bond donors (Lipinski definition) is 2. The van der Waals surface area contributed by atoms with E-state index in [1.54, 1.807) is 20.3 Å². The molecule has 2 aromatic carbocycles. The number of carbonyl (C=O) groups is 1. The third-order valence-electron chi connectivity index (χ3n) is 5.86. The molecular formula is C26H35N3O3. The number of anilines is 2. The van der Waals surface area contributed by atoms with Crippen molar-refractivity contribution in [2.24, 2.45) is 0 Å². The predicted octanol–water partition coefficient (Wildman–Crippen LogP) is 5.51. The van der Waals surface area contributed by atoms with E-state index in [0.717, 1.165) is 29.2 Å². The minimum absolute atomic E-state index is 0.124. The van der Waals surface area contributed by atoms with Gasteiger partial charge in [0.2, 0.25) is 0 Å². The lowest BCUT2D eigenvalue weighted by molar-refractivity contribution is -0.110. The second-order valence-electron chi connectivity index (χ2n) is 8.60. The highest BCUT2D eigenvalue weighted by Crippen LogP contribution is 2.42. The molecule has 32 heavy (non-hydrogen) atoms. The van der Waals surface area contributed by atoms with E-state index in [1.807, 2.05) is 13.0 Å². The van der Waals surface area contributed by atoms with Gasteiger partial charge in [-0.25, -0.2) is 0 Å². The van der Waals surface area contributed by atoms with E-state index in [2.05, 4.69) is 67.5 Å². The summed E-state index contributed by atoms with van der Waals surface area (Å²) in [4.78, 5) is 15.3. The van der Waals surface area contributed by atoms with Crippen LogP contribution in [0.25, 0.3) is 5.57 Å². The standard InChI is InChI=1S/C26H35N3O3/c1-8-21(25-20-13-23(31-6)24(32-7)14-22(20)28-26(25)30)27-19-11-9-18(10-12-19)15-29(16(2)3)17(4)5/h9-14,16-17,27H,8,15H2,1-7H3,(H,28,30)/b25-21-. The molecule has 6 nitrogen and oxygen atoms in total. The van der Waals surface area contributed by atoms with E-state index in [1.165, 1.54) is 5.56 Å². The Hall–Kier alpha value is -2.99. The number of benzene rings is 2. The van der Waals surface area contributed by atoms with Crippen LogP contribution in [0.3, 0.4) is 0 Å². The number of amides is 1. The molecule has 1 heterocycles. The summed E-state index contributed by atoms with van der Waals surface area (Å²) < 4.78 is 10.8. The molecule has 3 rings (SSSR count). The average Bonchev–Trinajstić information content (AvgIpc) is 3.09. The number of hydrogen-bond acceptors (Lipinski definition) is 5. The third kappa shape index (κ3) is 4.91. The van der Waals surface area contributed by atoms with E-state index in [9.17, 15) is 4.79 Å². The molecule has 0 aliphatic carbocycles. The van der Waals surface area contributed by atoms with Gasteiger partial charge in [0.05, 0.1) is 25.5 Å². The van der Waals surface area contributed by atoms with Crippen LogP contribution in [0, 0.1) is 0 Å². The lowest BCUT2D eigenvalue weighted by Crippen LogP contribution is -2.36. The quantitative estimate of drug-likeness (QED) is 0.507. The number of carbonyl (C=O) groups excluding carboxylic acids is 1. The Bertz CT molecular complexity index is 986. The summed E-state index contributed by atoms with van der Waals surface area (Å²) >= 11 is 0. The molecule has 0 unspecified atom stereocenters. The fourth-order valence-corrected chi connectivity index (χ4v) is 4.16. The van der Waals surface area contributed by atoms with Gasteiger partial charge in [0.1, 0.15) is 0 Å². The molecule has 0 atom stereocenters. The zero-order valence-electron chi connectivity index (χ0n) is 20.2. The molecule has 0 aromatic heterocycles. The van der Waals surface area contributed by atoms with Crippen molar-refractivity contribution in [2.45, 2.75) is 59.7 Å². The molecule has 0 radical (unpaired) electrons. The summed E-state index contributed by atoms with van der Waals surface area (Å²) in [5.74, 6) is 1.06. The molecule has 2 aromatic rings. The van der Waals surface area contributed by atoms with Crippen molar-refractivity contribution in [1.82, 2.24) is 4.90 Å². The van der Waals surface area contributed by atoms with Crippen LogP contribution < -0.4 is 20.1 Å². The van der Waals surface area contributed by atoms with Crippen molar-refractivity contribution in [3.63, 3.8) is 0 Å². The topological polar surface area (TPSA) is 62.8 Å². The highest BCUT2D eigenvalue weighted by molar-refractivity contribution is 6.32. The number of fused-ring (bicyclic) bond motifs is 1. The molecule has 6 heteroatoms. The van der Waals surface area contributed by atoms with E-state index >= 15 is 0 Å². The number of rotatable bonds is 9. The molecule has 172 valence electrons. The molecule has 0 saturated carbocycles. The Kier molecular flexibility index (Phi) is 7.46. The molecular weight excluding hydrogens is 402 g/mol. The number of nitrogens with one attached hydrogen (secondary N) is 2. The van der Waals surface area contributed by atoms with Crippen LogP contribution in [0.4, 0.5) is 11.4 Å². The van der Waals surface area contributed by atoms with Gasteiger partial charge >= 0.3 is 0 Å². The fraction of sp³-hybridized carbons (Fsp3) is 0.423. The number of methoxy groups -OCH3 is 2. The predicted molar refractivity (Wildman–Crippen MR) is 131 cm³/mol. The normalized spacial score (nSPS) is 14.6. The van der Waals surface area contributed by atoms with E-state index in [4.69, 9.17) is 9.47 Å². The van der Waals surface area contributed by atoms with Gasteiger partial charge in [-0.3, -0.25) is 9.69 Å². The summed E-state index contributed by atoms with van der Waals surface area (Å²) in [5, 5.41) is 6.42. The van der Waals surface area contributed by atoms with Crippen LogP contribution in [0.1, 0.15) is 52.2 Å². The van der Waals surface area contributed by atoms with Crippen LogP contribution >= 0.6 is 0 Å². The molecule has 0 spiro atoms. The average molecular weight is 438 g/mol. The van der Waals surface area contributed by atoms with Crippen LogP contribution in [-0.4, -0.2) is 37.1 Å². The van der Waals surface area contributed by atoms with Crippen LogP contribution in [0.5, 0.6) is 11.5 Å². The first-order valence-corrected chi connectivity index (χ1v) is 11.2. The SMILES string of the molecule is CC/C(Nc1ccc(CN(C(C)C)C(C)C)cc1)=C1/C(=O)Nc2cc(OC)c(OC)cc21. The second kappa shape index (κ2) is 10.1. The largest absolute Gasteiger partial charge is 0.493 e. The fourth-order valence-electron chi connectivity index (χ4n) is 4.16. The van der Waals surface area contributed by atoms with Crippen molar-refractivity contribution in [2.75, 3.05) is 24.9 Å². The molecule has 1 amide bonds.